The molecule has 2 aromatic carbocycles. The van der Waals surface area contributed by atoms with Crippen molar-refractivity contribution in [2.24, 2.45) is 5.73 Å². The number of nitrogens with two attached hydrogens (primary N) is 1. The van der Waals surface area contributed by atoms with Crippen molar-refractivity contribution < 1.29 is 27.5 Å². The van der Waals surface area contributed by atoms with Crippen molar-refractivity contribution in [1.82, 2.24) is 0 Å². The Balaban J connectivity index is 2.48. The van der Waals surface area contributed by atoms with Crippen LogP contribution >= 0.6 is 0 Å². The highest BCUT2D eigenvalue weighted by Gasteiger charge is 2.20. The van der Waals surface area contributed by atoms with Gasteiger partial charge in [-0.25, -0.2) is 17.6 Å². The van der Waals surface area contributed by atoms with E-state index in [0.717, 1.165) is 6.07 Å². The maximum absolute atomic E-state index is 13.4. The average molecular weight is 338 g/mol. The molecule has 2 aromatic rings. The summed E-state index contributed by atoms with van der Waals surface area (Å²) in [5.41, 5.74) is 4.45. The van der Waals surface area contributed by atoms with Crippen LogP contribution in [0.4, 0.5) is 10.1 Å². The zero-order valence-electron chi connectivity index (χ0n) is 11.5. The van der Waals surface area contributed by atoms with Gasteiger partial charge in [-0.1, -0.05) is 12.1 Å². The number of carboxylic acids is 1. The molecule has 0 radical (unpaired) electrons. The molecule has 2 rings (SSSR count). The molecular weight excluding hydrogens is 327 g/mol. The van der Waals surface area contributed by atoms with Gasteiger partial charge in [0.25, 0.3) is 15.9 Å². The highest BCUT2D eigenvalue weighted by atomic mass is 32.2. The highest BCUT2D eigenvalue weighted by molar-refractivity contribution is 7.92. The lowest BCUT2D eigenvalue weighted by molar-refractivity contribution is 0.0695. The van der Waals surface area contributed by atoms with Gasteiger partial charge < -0.3 is 10.8 Å². The van der Waals surface area contributed by atoms with Crippen molar-refractivity contribution in [2.45, 2.75) is 4.90 Å². The number of carbonyl (C=O) groups excluding carboxylic acids is 1. The molecule has 0 fully saturated rings. The number of primary amides is 1. The van der Waals surface area contributed by atoms with Gasteiger partial charge in [0.2, 0.25) is 0 Å². The van der Waals surface area contributed by atoms with Crippen molar-refractivity contribution in [2.75, 3.05) is 4.72 Å². The van der Waals surface area contributed by atoms with Crippen LogP contribution in [0, 0.1) is 5.82 Å². The molecule has 0 spiro atoms. The van der Waals surface area contributed by atoms with Crippen molar-refractivity contribution >= 4 is 27.6 Å². The Morgan fingerprint density at radius 2 is 1.78 bits per heavy atom. The molecule has 0 aliphatic heterocycles. The van der Waals surface area contributed by atoms with E-state index >= 15 is 0 Å². The molecule has 0 aromatic heterocycles. The first-order chi connectivity index (χ1) is 10.7. The van der Waals surface area contributed by atoms with Crippen molar-refractivity contribution in [3.63, 3.8) is 0 Å². The number of nitrogens with one attached hydrogen (secondary N) is 1. The predicted octanol–water partition coefficient (Wildman–Crippen LogP) is 1.42. The molecule has 0 atom stereocenters. The molecule has 0 aliphatic carbocycles. The van der Waals surface area contributed by atoms with Crippen LogP contribution in [0.5, 0.6) is 0 Å². The van der Waals surface area contributed by atoms with Crippen molar-refractivity contribution in [3.05, 3.63) is 59.4 Å². The molecule has 1 amide bonds. The summed E-state index contributed by atoms with van der Waals surface area (Å²) < 4.78 is 40.1. The first-order valence-electron chi connectivity index (χ1n) is 6.16. The van der Waals surface area contributed by atoms with Gasteiger partial charge in [0.15, 0.2) is 0 Å². The Morgan fingerprint density at radius 1 is 1.13 bits per heavy atom. The Bertz CT molecular complexity index is 896. The minimum Gasteiger partial charge on any atom is -0.478 e. The van der Waals surface area contributed by atoms with E-state index in [2.05, 4.69) is 4.72 Å². The van der Waals surface area contributed by atoms with E-state index in [1.807, 2.05) is 0 Å². The molecule has 0 saturated carbocycles. The molecule has 23 heavy (non-hydrogen) atoms. The number of hydrogen-bond donors (Lipinski definition) is 3. The number of carboxylic acid groups (broad SMARTS) is 1. The normalized spacial score (nSPS) is 11.0. The lowest BCUT2D eigenvalue weighted by Gasteiger charge is -2.11. The van der Waals surface area contributed by atoms with Crippen LogP contribution in [0.25, 0.3) is 0 Å². The van der Waals surface area contributed by atoms with Gasteiger partial charge in [-0.3, -0.25) is 9.52 Å². The van der Waals surface area contributed by atoms with E-state index in [1.165, 1.54) is 24.3 Å². The molecular formula is C14H11FN2O5S. The summed E-state index contributed by atoms with van der Waals surface area (Å²) in [6.45, 7) is 0. The minimum absolute atomic E-state index is 0.0778. The molecule has 0 saturated heterocycles. The van der Waals surface area contributed by atoms with Gasteiger partial charge in [-0.2, -0.15) is 0 Å². The summed E-state index contributed by atoms with van der Waals surface area (Å²) in [4.78, 5) is 21.6. The largest absolute Gasteiger partial charge is 0.478 e. The highest BCUT2D eigenvalue weighted by Crippen LogP contribution is 2.21. The summed E-state index contributed by atoms with van der Waals surface area (Å²) in [7, 11) is -4.31. The van der Waals surface area contributed by atoms with Crippen LogP contribution in [-0.2, 0) is 10.0 Å². The first kappa shape index (κ1) is 16.4. The Labute approximate surface area is 130 Å². The number of aromatic carboxylic acids is 1. The van der Waals surface area contributed by atoms with Crippen molar-refractivity contribution in [1.29, 1.82) is 0 Å². The van der Waals surface area contributed by atoms with E-state index in [0.29, 0.717) is 12.1 Å². The second kappa shape index (κ2) is 6.05. The summed E-state index contributed by atoms with van der Waals surface area (Å²) in [5, 5.41) is 8.86. The molecule has 0 aliphatic rings. The monoisotopic (exact) mass is 338 g/mol. The summed E-state index contributed by atoms with van der Waals surface area (Å²) in [6, 6.07) is 7.74. The van der Waals surface area contributed by atoms with Crippen LogP contribution in [0.1, 0.15) is 20.7 Å². The minimum atomic E-state index is -4.31. The van der Waals surface area contributed by atoms with E-state index in [9.17, 15) is 22.4 Å². The number of anilines is 1. The standard InChI is InChI=1S/C14H11FN2O5S/c15-9-5-8(14(19)20)6-10(7-9)23(21,22)17-12-4-2-1-3-11(12)13(16)18/h1-7,17H,(H2,16,18)(H,19,20). The van der Waals surface area contributed by atoms with Crippen LogP contribution in [-0.4, -0.2) is 25.4 Å². The van der Waals surface area contributed by atoms with E-state index in [4.69, 9.17) is 10.8 Å². The van der Waals surface area contributed by atoms with Crippen molar-refractivity contribution in [3.8, 4) is 0 Å². The maximum Gasteiger partial charge on any atom is 0.335 e. The molecule has 7 nitrogen and oxygen atoms in total. The third-order valence-corrected chi connectivity index (χ3v) is 4.21. The van der Waals surface area contributed by atoms with E-state index < -0.39 is 38.2 Å². The predicted molar refractivity (Wildman–Crippen MR) is 79.1 cm³/mol. The zero-order chi connectivity index (χ0) is 17.2. The third-order valence-electron chi connectivity index (χ3n) is 2.87. The summed E-state index contributed by atoms with van der Waals surface area (Å²) in [5.74, 6) is -3.35. The molecule has 4 N–H and O–H groups in total. The molecule has 0 bridgehead atoms. The maximum atomic E-state index is 13.4. The average Bonchev–Trinajstić information content (AvgIpc) is 2.46. The van der Waals surface area contributed by atoms with Crippen LogP contribution in [0.2, 0.25) is 0 Å². The number of hydrogen-bond acceptors (Lipinski definition) is 4. The Morgan fingerprint density at radius 3 is 2.39 bits per heavy atom. The van der Waals surface area contributed by atoms with Crippen LogP contribution in [0.15, 0.2) is 47.4 Å². The number of carbonyl (C=O) groups is 2. The fourth-order valence-electron chi connectivity index (χ4n) is 1.83. The van der Waals surface area contributed by atoms with Gasteiger partial charge in [0.1, 0.15) is 5.82 Å². The molecule has 120 valence electrons. The second-order valence-corrected chi connectivity index (χ2v) is 6.18. The lowest BCUT2D eigenvalue weighted by atomic mass is 10.2. The van der Waals surface area contributed by atoms with Gasteiger partial charge in [-0.15, -0.1) is 0 Å². The third kappa shape index (κ3) is 3.64. The van der Waals surface area contributed by atoms with E-state index in [1.54, 1.807) is 0 Å². The Kier molecular flexibility index (Phi) is 4.32. The quantitative estimate of drug-likeness (QED) is 0.760. The van der Waals surface area contributed by atoms with E-state index in [-0.39, 0.29) is 11.3 Å². The van der Waals surface area contributed by atoms with Gasteiger partial charge in [0, 0.05) is 0 Å². The van der Waals surface area contributed by atoms with Gasteiger partial charge >= 0.3 is 5.97 Å². The van der Waals surface area contributed by atoms with Crippen LogP contribution in [0.3, 0.4) is 0 Å². The number of para-hydroxylation sites is 1. The smallest absolute Gasteiger partial charge is 0.335 e. The molecule has 9 heteroatoms. The fourth-order valence-corrected chi connectivity index (χ4v) is 2.97. The SMILES string of the molecule is NC(=O)c1ccccc1NS(=O)(=O)c1cc(F)cc(C(=O)O)c1. The molecule has 0 unspecified atom stereocenters. The van der Waals surface area contributed by atoms with Gasteiger partial charge in [-0.05, 0) is 30.3 Å². The summed E-state index contributed by atoms with van der Waals surface area (Å²) >= 11 is 0. The molecule has 0 heterocycles. The number of benzene rings is 2. The van der Waals surface area contributed by atoms with Gasteiger partial charge in [0.05, 0.1) is 21.7 Å². The Hall–Kier alpha value is -2.94. The second-order valence-electron chi connectivity index (χ2n) is 4.50. The zero-order valence-corrected chi connectivity index (χ0v) is 12.3. The number of rotatable bonds is 5. The first-order valence-corrected chi connectivity index (χ1v) is 7.64. The number of halogens is 1. The number of amides is 1. The lowest BCUT2D eigenvalue weighted by Crippen LogP contribution is -2.19. The topological polar surface area (TPSA) is 127 Å². The number of sulfonamides is 1. The summed E-state index contributed by atoms with van der Waals surface area (Å²) in [6.07, 6.45) is 0. The van der Waals surface area contributed by atoms with Crippen LogP contribution < -0.4 is 10.5 Å². The fraction of sp³-hybridized carbons (Fsp3) is 0.